The van der Waals surface area contributed by atoms with Gasteiger partial charge in [-0.2, -0.15) is 0 Å². The maximum Gasteiger partial charge on any atom is 0.244 e. The monoisotopic (exact) mass is 299 g/mol. The highest BCUT2D eigenvalue weighted by Gasteiger charge is 2.34. The molecule has 0 aromatic heterocycles. The van der Waals surface area contributed by atoms with Crippen LogP contribution in [0, 0.1) is 0 Å². The largest absolute Gasteiger partial charge is 0.495 e. The van der Waals surface area contributed by atoms with Crippen LogP contribution in [0.25, 0.3) is 0 Å². The molecular formula is C14H21NO4S. The minimum Gasteiger partial charge on any atom is -0.495 e. The summed E-state index contributed by atoms with van der Waals surface area (Å²) in [7, 11) is -2.20. The van der Waals surface area contributed by atoms with E-state index >= 15 is 0 Å². The van der Waals surface area contributed by atoms with Crippen molar-refractivity contribution in [2.45, 2.75) is 49.6 Å². The molecule has 1 aliphatic carbocycles. The van der Waals surface area contributed by atoms with Crippen molar-refractivity contribution in [3.63, 3.8) is 0 Å². The second-order valence-electron chi connectivity index (χ2n) is 5.52. The van der Waals surface area contributed by atoms with E-state index in [-0.39, 0.29) is 22.8 Å². The summed E-state index contributed by atoms with van der Waals surface area (Å²) < 4.78 is 33.0. The summed E-state index contributed by atoms with van der Waals surface area (Å²) in [5.74, 6) is 0.255. The van der Waals surface area contributed by atoms with Gasteiger partial charge in [-0.25, -0.2) is 13.1 Å². The van der Waals surface area contributed by atoms with Crippen molar-refractivity contribution in [1.82, 2.24) is 4.72 Å². The van der Waals surface area contributed by atoms with E-state index in [2.05, 4.69) is 4.72 Å². The number of hydrogen-bond acceptors (Lipinski definition) is 4. The average Bonchev–Trinajstić information content (AvgIpc) is 2.83. The zero-order valence-electron chi connectivity index (χ0n) is 11.8. The molecule has 0 radical (unpaired) electrons. The molecule has 1 saturated carbocycles. The first-order valence-corrected chi connectivity index (χ1v) is 8.20. The van der Waals surface area contributed by atoms with Gasteiger partial charge in [0.25, 0.3) is 0 Å². The van der Waals surface area contributed by atoms with E-state index in [0.29, 0.717) is 5.56 Å². The number of methoxy groups -OCH3 is 1. The third-order valence-corrected chi connectivity index (χ3v) is 5.47. The average molecular weight is 299 g/mol. The van der Waals surface area contributed by atoms with Crippen molar-refractivity contribution in [1.29, 1.82) is 0 Å². The molecule has 0 bridgehead atoms. The summed E-state index contributed by atoms with van der Waals surface area (Å²) in [6.07, 6.45) is 3.78. The quantitative estimate of drug-likeness (QED) is 0.869. The number of nitrogens with one attached hydrogen (secondary N) is 1. The Hall–Kier alpha value is -1.11. The van der Waals surface area contributed by atoms with Crippen LogP contribution in [0.2, 0.25) is 0 Å². The first kappa shape index (κ1) is 15.3. The fourth-order valence-corrected chi connectivity index (χ4v) is 4.29. The van der Waals surface area contributed by atoms with Gasteiger partial charge in [0.15, 0.2) is 0 Å². The van der Waals surface area contributed by atoms with Crippen LogP contribution in [0.5, 0.6) is 5.75 Å². The van der Waals surface area contributed by atoms with Gasteiger partial charge in [0, 0.05) is 5.54 Å². The Balaban J connectivity index is 2.33. The summed E-state index contributed by atoms with van der Waals surface area (Å²) in [5.41, 5.74) is 0.243. The molecule has 0 saturated heterocycles. The summed E-state index contributed by atoms with van der Waals surface area (Å²) in [4.78, 5) is 0.116. The van der Waals surface area contributed by atoms with Gasteiger partial charge in [-0.1, -0.05) is 18.9 Å². The topological polar surface area (TPSA) is 75.6 Å². The molecule has 1 aromatic rings. The Morgan fingerprint density at radius 1 is 1.35 bits per heavy atom. The van der Waals surface area contributed by atoms with Gasteiger partial charge in [-0.05, 0) is 37.5 Å². The SMILES string of the molecule is COc1cc(CO)ccc1S(=O)(=O)NC1(C)CCCC1. The second kappa shape index (κ2) is 5.71. The van der Waals surface area contributed by atoms with E-state index in [4.69, 9.17) is 9.84 Å². The molecule has 1 aliphatic rings. The van der Waals surface area contributed by atoms with Gasteiger partial charge in [-0.3, -0.25) is 0 Å². The lowest BCUT2D eigenvalue weighted by atomic mass is 10.0. The third kappa shape index (κ3) is 3.13. The fourth-order valence-electron chi connectivity index (χ4n) is 2.67. The maximum atomic E-state index is 12.5. The third-order valence-electron chi connectivity index (χ3n) is 3.79. The van der Waals surface area contributed by atoms with E-state index in [9.17, 15) is 8.42 Å². The molecule has 0 spiro atoms. The Bertz CT molecular complexity index is 577. The molecule has 2 rings (SSSR count). The van der Waals surface area contributed by atoms with E-state index in [1.165, 1.54) is 13.2 Å². The maximum absolute atomic E-state index is 12.5. The normalized spacial score (nSPS) is 18.1. The standard InChI is InChI=1S/C14H21NO4S/c1-14(7-3-4-8-14)15-20(17,18)13-6-5-11(10-16)9-12(13)19-2/h5-6,9,15-16H,3-4,7-8,10H2,1-2H3. The van der Waals surface area contributed by atoms with Gasteiger partial charge in [0.2, 0.25) is 10.0 Å². The molecule has 1 aromatic carbocycles. The van der Waals surface area contributed by atoms with Crippen molar-refractivity contribution >= 4 is 10.0 Å². The number of rotatable bonds is 5. The molecule has 2 N–H and O–H groups in total. The number of hydrogen-bond donors (Lipinski definition) is 2. The molecule has 0 amide bonds. The first-order valence-electron chi connectivity index (χ1n) is 6.72. The summed E-state index contributed by atoms with van der Waals surface area (Å²) in [5, 5.41) is 9.10. The molecule has 5 nitrogen and oxygen atoms in total. The molecule has 6 heteroatoms. The van der Waals surface area contributed by atoms with E-state index in [0.717, 1.165) is 25.7 Å². The number of aliphatic hydroxyl groups excluding tert-OH is 1. The van der Waals surface area contributed by atoms with Crippen LogP contribution in [0.15, 0.2) is 23.1 Å². The predicted octanol–water partition coefficient (Wildman–Crippen LogP) is 1.80. The smallest absolute Gasteiger partial charge is 0.244 e. The van der Waals surface area contributed by atoms with Crippen molar-refractivity contribution < 1.29 is 18.3 Å². The molecular weight excluding hydrogens is 278 g/mol. The van der Waals surface area contributed by atoms with Gasteiger partial charge < -0.3 is 9.84 Å². The molecule has 20 heavy (non-hydrogen) atoms. The number of benzene rings is 1. The Morgan fingerprint density at radius 3 is 2.55 bits per heavy atom. The lowest BCUT2D eigenvalue weighted by Crippen LogP contribution is -2.43. The number of aliphatic hydroxyl groups is 1. The van der Waals surface area contributed by atoms with Crippen LogP contribution in [0.3, 0.4) is 0 Å². The highest BCUT2D eigenvalue weighted by molar-refractivity contribution is 7.89. The summed E-state index contributed by atoms with van der Waals surface area (Å²) in [6.45, 7) is 1.79. The molecule has 0 aliphatic heterocycles. The summed E-state index contributed by atoms with van der Waals surface area (Å²) in [6, 6.07) is 4.62. The highest BCUT2D eigenvalue weighted by Crippen LogP contribution is 2.32. The minimum absolute atomic E-state index is 0.116. The summed E-state index contributed by atoms with van der Waals surface area (Å²) >= 11 is 0. The van der Waals surface area contributed by atoms with Gasteiger partial charge in [-0.15, -0.1) is 0 Å². The molecule has 112 valence electrons. The minimum atomic E-state index is -3.63. The number of ether oxygens (including phenoxy) is 1. The van der Waals surface area contributed by atoms with Crippen molar-refractivity contribution in [3.05, 3.63) is 23.8 Å². The van der Waals surface area contributed by atoms with Crippen LogP contribution >= 0.6 is 0 Å². The van der Waals surface area contributed by atoms with Crippen molar-refractivity contribution in [2.75, 3.05) is 7.11 Å². The van der Waals surface area contributed by atoms with Crippen LogP contribution in [-0.2, 0) is 16.6 Å². The molecule has 0 unspecified atom stereocenters. The Kier molecular flexibility index (Phi) is 4.36. The molecule has 0 atom stereocenters. The zero-order valence-corrected chi connectivity index (χ0v) is 12.7. The Morgan fingerprint density at radius 2 is 2.00 bits per heavy atom. The van der Waals surface area contributed by atoms with Gasteiger partial charge in [0.1, 0.15) is 10.6 Å². The van der Waals surface area contributed by atoms with E-state index < -0.39 is 10.0 Å². The van der Waals surface area contributed by atoms with Crippen LogP contribution < -0.4 is 9.46 Å². The predicted molar refractivity (Wildman–Crippen MR) is 76.1 cm³/mol. The van der Waals surface area contributed by atoms with E-state index in [1.54, 1.807) is 12.1 Å². The van der Waals surface area contributed by atoms with E-state index in [1.807, 2.05) is 6.92 Å². The zero-order chi connectivity index (χ0) is 14.8. The van der Waals surface area contributed by atoms with Crippen molar-refractivity contribution in [2.24, 2.45) is 0 Å². The Labute approximate surface area is 120 Å². The van der Waals surface area contributed by atoms with Gasteiger partial charge >= 0.3 is 0 Å². The van der Waals surface area contributed by atoms with Crippen LogP contribution in [0.4, 0.5) is 0 Å². The number of sulfonamides is 1. The lowest BCUT2D eigenvalue weighted by molar-refractivity contribution is 0.280. The highest BCUT2D eigenvalue weighted by atomic mass is 32.2. The van der Waals surface area contributed by atoms with Crippen LogP contribution in [0.1, 0.15) is 38.2 Å². The van der Waals surface area contributed by atoms with Crippen molar-refractivity contribution in [3.8, 4) is 5.75 Å². The fraction of sp³-hybridized carbons (Fsp3) is 0.571. The lowest BCUT2D eigenvalue weighted by Gasteiger charge is -2.25. The second-order valence-corrected chi connectivity index (χ2v) is 7.17. The van der Waals surface area contributed by atoms with Gasteiger partial charge in [0.05, 0.1) is 13.7 Å². The first-order chi connectivity index (χ1) is 9.40. The van der Waals surface area contributed by atoms with Crippen LogP contribution in [-0.4, -0.2) is 26.2 Å². The molecule has 0 heterocycles. The molecule has 1 fully saturated rings.